The molecule has 5 heteroatoms. The normalized spacial score (nSPS) is 10.1. The number of pyridine rings is 1. The quantitative estimate of drug-likeness (QED) is 0.940. The molecule has 0 aliphatic carbocycles. The Labute approximate surface area is 123 Å². The van der Waals surface area contributed by atoms with Crippen LogP contribution in [-0.4, -0.2) is 23.0 Å². The maximum absolute atomic E-state index is 11.9. The zero-order valence-electron chi connectivity index (χ0n) is 11.2. The molecule has 0 bridgehead atoms. The third-order valence-corrected chi connectivity index (χ3v) is 3.08. The standard InChI is InChI=1S/C15H16ClN3O/c1-19(11-12-5-7-13(16)8-6-12)15(20)18-10-14-4-2-3-9-17-14/h2-9H,10-11H2,1H3,(H,18,20). The Morgan fingerprint density at radius 2 is 2.00 bits per heavy atom. The Kier molecular flexibility index (Phi) is 4.96. The minimum Gasteiger partial charge on any atom is -0.332 e. The molecule has 0 radical (unpaired) electrons. The first-order chi connectivity index (χ1) is 9.65. The molecule has 2 rings (SSSR count). The first-order valence-corrected chi connectivity index (χ1v) is 6.66. The highest BCUT2D eigenvalue weighted by Gasteiger charge is 2.08. The van der Waals surface area contributed by atoms with Gasteiger partial charge in [0.15, 0.2) is 0 Å². The van der Waals surface area contributed by atoms with Gasteiger partial charge in [-0.05, 0) is 29.8 Å². The van der Waals surface area contributed by atoms with Crippen LogP contribution in [-0.2, 0) is 13.1 Å². The Hall–Kier alpha value is -2.07. The Morgan fingerprint density at radius 3 is 2.65 bits per heavy atom. The van der Waals surface area contributed by atoms with Gasteiger partial charge in [-0.15, -0.1) is 0 Å². The Bertz CT molecular complexity index is 557. The van der Waals surface area contributed by atoms with E-state index in [1.165, 1.54) is 0 Å². The van der Waals surface area contributed by atoms with Gasteiger partial charge in [0.2, 0.25) is 0 Å². The zero-order valence-corrected chi connectivity index (χ0v) is 12.0. The number of benzene rings is 1. The molecule has 1 N–H and O–H groups in total. The number of urea groups is 1. The number of halogens is 1. The van der Waals surface area contributed by atoms with E-state index in [0.717, 1.165) is 11.3 Å². The van der Waals surface area contributed by atoms with Crippen molar-refractivity contribution >= 4 is 17.6 Å². The van der Waals surface area contributed by atoms with Gasteiger partial charge in [-0.3, -0.25) is 4.98 Å². The molecule has 0 fully saturated rings. The Morgan fingerprint density at radius 1 is 1.25 bits per heavy atom. The van der Waals surface area contributed by atoms with Crippen molar-refractivity contribution in [2.75, 3.05) is 7.05 Å². The molecule has 0 atom stereocenters. The predicted octanol–water partition coefficient (Wildman–Crippen LogP) is 3.08. The van der Waals surface area contributed by atoms with Crippen LogP contribution in [0.3, 0.4) is 0 Å². The molecule has 0 saturated heterocycles. The second-order valence-electron chi connectivity index (χ2n) is 4.46. The van der Waals surface area contributed by atoms with E-state index in [0.29, 0.717) is 18.1 Å². The minimum atomic E-state index is -0.134. The average Bonchev–Trinajstić information content (AvgIpc) is 2.48. The molecule has 2 aromatic rings. The lowest BCUT2D eigenvalue weighted by Crippen LogP contribution is -2.36. The van der Waals surface area contributed by atoms with E-state index in [1.54, 1.807) is 18.1 Å². The lowest BCUT2D eigenvalue weighted by molar-refractivity contribution is 0.206. The number of aromatic nitrogens is 1. The molecule has 0 saturated carbocycles. The lowest BCUT2D eigenvalue weighted by atomic mass is 10.2. The summed E-state index contributed by atoms with van der Waals surface area (Å²) in [5.41, 5.74) is 1.87. The van der Waals surface area contributed by atoms with E-state index in [9.17, 15) is 4.79 Å². The van der Waals surface area contributed by atoms with Crippen LogP contribution >= 0.6 is 11.6 Å². The molecule has 0 aliphatic rings. The molecule has 4 nitrogen and oxygen atoms in total. The summed E-state index contributed by atoms with van der Waals surface area (Å²) < 4.78 is 0. The van der Waals surface area contributed by atoms with Crippen LogP contribution in [0.1, 0.15) is 11.3 Å². The Balaban J connectivity index is 1.84. The first-order valence-electron chi connectivity index (χ1n) is 6.28. The van der Waals surface area contributed by atoms with Gasteiger partial charge in [0.1, 0.15) is 0 Å². The maximum atomic E-state index is 11.9. The van der Waals surface area contributed by atoms with Crippen LogP contribution in [0, 0.1) is 0 Å². The van der Waals surface area contributed by atoms with Crippen LogP contribution in [0.25, 0.3) is 0 Å². The highest BCUT2D eigenvalue weighted by molar-refractivity contribution is 6.30. The fourth-order valence-corrected chi connectivity index (χ4v) is 1.87. The molecule has 104 valence electrons. The summed E-state index contributed by atoms with van der Waals surface area (Å²) in [7, 11) is 1.75. The summed E-state index contributed by atoms with van der Waals surface area (Å²) >= 11 is 5.83. The smallest absolute Gasteiger partial charge is 0.317 e. The van der Waals surface area contributed by atoms with Crippen LogP contribution in [0.15, 0.2) is 48.7 Å². The predicted molar refractivity (Wildman–Crippen MR) is 79.4 cm³/mol. The first kappa shape index (κ1) is 14.3. The summed E-state index contributed by atoms with van der Waals surface area (Å²) in [6, 6.07) is 12.9. The maximum Gasteiger partial charge on any atom is 0.317 e. The van der Waals surface area contributed by atoms with E-state index < -0.39 is 0 Å². The molecule has 1 heterocycles. The van der Waals surface area contributed by atoms with E-state index in [4.69, 9.17) is 11.6 Å². The highest BCUT2D eigenvalue weighted by atomic mass is 35.5. The molecule has 20 heavy (non-hydrogen) atoms. The number of nitrogens with one attached hydrogen (secondary N) is 1. The van der Waals surface area contributed by atoms with Crippen LogP contribution in [0.5, 0.6) is 0 Å². The summed E-state index contributed by atoms with van der Waals surface area (Å²) in [5.74, 6) is 0. The van der Waals surface area contributed by atoms with Crippen molar-refractivity contribution in [3.63, 3.8) is 0 Å². The minimum absolute atomic E-state index is 0.134. The molecule has 0 spiro atoms. The van der Waals surface area contributed by atoms with Crippen LogP contribution < -0.4 is 5.32 Å². The van der Waals surface area contributed by atoms with E-state index >= 15 is 0 Å². The third kappa shape index (κ3) is 4.24. The summed E-state index contributed by atoms with van der Waals surface area (Å²) in [4.78, 5) is 17.7. The third-order valence-electron chi connectivity index (χ3n) is 2.83. The van der Waals surface area contributed by atoms with Gasteiger partial charge in [-0.25, -0.2) is 4.79 Å². The molecule has 0 unspecified atom stereocenters. The number of nitrogens with zero attached hydrogens (tertiary/aromatic N) is 2. The van der Waals surface area contributed by atoms with Crippen molar-refractivity contribution < 1.29 is 4.79 Å². The van der Waals surface area contributed by atoms with Gasteiger partial charge < -0.3 is 10.2 Å². The van der Waals surface area contributed by atoms with E-state index in [-0.39, 0.29) is 6.03 Å². The molecular formula is C15H16ClN3O. The number of rotatable bonds is 4. The van der Waals surface area contributed by atoms with Crippen LogP contribution in [0.2, 0.25) is 5.02 Å². The molecule has 0 aliphatic heterocycles. The van der Waals surface area contributed by atoms with Gasteiger partial charge in [0.05, 0.1) is 12.2 Å². The summed E-state index contributed by atoms with van der Waals surface area (Å²) in [6.45, 7) is 0.954. The van der Waals surface area contributed by atoms with Gasteiger partial charge in [-0.1, -0.05) is 29.8 Å². The van der Waals surface area contributed by atoms with Crippen molar-refractivity contribution in [2.45, 2.75) is 13.1 Å². The van der Waals surface area contributed by atoms with Crippen molar-refractivity contribution in [1.29, 1.82) is 0 Å². The fraction of sp³-hybridized carbons (Fsp3) is 0.200. The van der Waals surface area contributed by atoms with Crippen molar-refractivity contribution in [1.82, 2.24) is 15.2 Å². The molecule has 1 aromatic heterocycles. The topological polar surface area (TPSA) is 45.2 Å². The fourth-order valence-electron chi connectivity index (χ4n) is 1.74. The van der Waals surface area contributed by atoms with Gasteiger partial charge in [0, 0.05) is 24.8 Å². The SMILES string of the molecule is CN(Cc1ccc(Cl)cc1)C(=O)NCc1ccccn1. The monoisotopic (exact) mass is 289 g/mol. The van der Waals surface area contributed by atoms with Gasteiger partial charge in [-0.2, -0.15) is 0 Å². The van der Waals surface area contributed by atoms with E-state index in [2.05, 4.69) is 10.3 Å². The number of carbonyl (C=O) groups is 1. The molecule has 2 amide bonds. The number of hydrogen-bond acceptors (Lipinski definition) is 2. The number of carbonyl (C=O) groups excluding carboxylic acids is 1. The second-order valence-corrected chi connectivity index (χ2v) is 4.90. The average molecular weight is 290 g/mol. The summed E-state index contributed by atoms with van der Waals surface area (Å²) in [6.07, 6.45) is 1.71. The van der Waals surface area contributed by atoms with E-state index in [1.807, 2.05) is 42.5 Å². The van der Waals surface area contributed by atoms with Crippen molar-refractivity contribution in [3.8, 4) is 0 Å². The number of amides is 2. The molecule has 1 aromatic carbocycles. The molecular weight excluding hydrogens is 274 g/mol. The van der Waals surface area contributed by atoms with Gasteiger partial charge >= 0.3 is 6.03 Å². The van der Waals surface area contributed by atoms with Crippen LogP contribution in [0.4, 0.5) is 4.79 Å². The van der Waals surface area contributed by atoms with Gasteiger partial charge in [0.25, 0.3) is 0 Å². The highest BCUT2D eigenvalue weighted by Crippen LogP contribution is 2.10. The second kappa shape index (κ2) is 6.91. The summed E-state index contributed by atoms with van der Waals surface area (Å²) in [5, 5.41) is 3.52. The largest absolute Gasteiger partial charge is 0.332 e. The lowest BCUT2D eigenvalue weighted by Gasteiger charge is -2.18. The number of hydrogen-bond donors (Lipinski definition) is 1. The van der Waals surface area contributed by atoms with Crippen molar-refractivity contribution in [3.05, 3.63) is 64.9 Å². The zero-order chi connectivity index (χ0) is 14.4. The van der Waals surface area contributed by atoms with Crippen molar-refractivity contribution in [2.24, 2.45) is 0 Å².